The molecular formula is C25H26Co2O8Si. The fourth-order valence-corrected chi connectivity index (χ4v) is 4.22. The molecule has 0 amide bonds. The Morgan fingerprint density at radius 3 is 1.72 bits per heavy atom. The van der Waals surface area contributed by atoms with Gasteiger partial charge in [-0.1, -0.05) is 44.5 Å². The normalized spacial score (nSPS) is 18.5. The first-order valence-electron chi connectivity index (χ1n) is 9.27. The summed E-state index contributed by atoms with van der Waals surface area (Å²) in [5.41, 5.74) is -0.481. The molecule has 1 fully saturated rings. The van der Waals surface area contributed by atoms with E-state index in [4.69, 9.17) is 32.3 Å². The van der Waals surface area contributed by atoms with Crippen LogP contribution in [-0.2, 0) is 70.7 Å². The van der Waals surface area contributed by atoms with E-state index in [1.54, 1.807) is 12.2 Å². The average Bonchev–Trinajstić information content (AvgIpc) is 2.87. The van der Waals surface area contributed by atoms with Crippen LogP contribution in [0.15, 0.2) is 12.2 Å². The second kappa shape index (κ2) is 31.2. The van der Waals surface area contributed by atoms with Crippen LogP contribution in [0.4, 0.5) is 0 Å². The van der Waals surface area contributed by atoms with E-state index in [1.807, 2.05) is 0 Å². The van der Waals surface area contributed by atoms with Crippen LogP contribution >= 0.6 is 0 Å². The van der Waals surface area contributed by atoms with Crippen LogP contribution in [0.1, 0.15) is 46.5 Å². The number of hydrogen-bond donors (Lipinski definition) is 0. The molecule has 2 aliphatic carbocycles. The summed E-state index contributed by atoms with van der Waals surface area (Å²) in [6, 6.07) is 0. The molecule has 0 aromatic carbocycles. The summed E-state index contributed by atoms with van der Waals surface area (Å²) in [6.07, 6.45) is 6.13. The van der Waals surface area contributed by atoms with Gasteiger partial charge < -0.3 is 4.43 Å². The Hall–Kier alpha value is -1.84. The molecular weight excluding hydrogens is 574 g/mol. The van der Waals surface area contributed by atoms with Crippen molar-refractivity contribution in [2.24, 2.45) is 5.92 Å². The van der Waals surface area contributed by atoms with Gasteiger partial charge in [-0.2, -0.15) is 0 Å². The van der Waals surface area contributed by atoms with Gasteiger partial charge in [-0.25, -0.2) is 0 Å². The fourth-order valence-electron chi connectivity index (χ4n) is 2.70. The maximum absolute atomic E-state index is 12.2. The van der Waals surface area contributed by atoms with Gasteiger partial charge in [0.2, 0.25) is 0 Å². The van der Waals surface area contributed by atoms with Gasteiger partial charge in [-0.05, 0) is 43.1 Å². The molecule has 2 bridgehead atoms. The van der Waals surface area contributed by atoms with Crippen molar-refractivity contribution < 1.29 is 70.7 Å². The van der Waals surface area contributed by atoms with Crippen LogP contribution in [0.5, 0.6) is 0 Å². The minimum absolute atomic E-state index is 0. The predicted octanol–water partition coefficient (Wildman–Crippen LogP) is 3.85. The Balaban J connectivity index is -0.000000106. The van der Waals surface area contributed by atoms with Crippen molar-refractivity contribution in [3.05, 3.63) is 52.1 Å². The molecule has 36 heavy (non-hydrogen) atoms. The minimum Gasteiger partial charge on any atom is 0 e. The third-order valence-corrected chi connectivity index (χ3v) is 9.58. The minimum atomic E-state index is -1.95. The molecule has 0 heterocycles. The molecule has 2 atom stereocenters. The van der Waals surface area contributed by atoms with Crippen LogP contribution in [0.2, 0.25) is 18.1 Å². The number of rotatable bonds is 2. The summed E-state index contributed by atoms with van der Waals surface area (Å²) < 4.78 is 51.7. The third kappa shape index (κ3) is 20.4. The smallest absolute Gasteiger partial charge is 0 e. The average molecular weight is 600 g/mol. The summed E-state index contributed by atoms with van der Waals surface area (Å²) in [5.74, 6) is 12.7. The molecule has 8 nitrogen and oxygen atoms in total. The number of ketones is 1. The number of carbonyl (C=O) groups is 1. The van der Waals surface area contributed by atoms with Crippen molar-refractivity contribution in [3.8, 4) is 23.7 Å². The number of Topliss-reactive ketones (excluding diaryl/α,β-unsaturated/α-hetero) is 1. The number of carbonyl (C=O) groups excluding carboxylic acids is 1. The maximum atomic E-state index is 12.2. The summed E-state index contributed by atoms with van der Waals surface area (Å²) in [7, 11) is -1.95. The molecule has 0 saturated heterocycles. The van der Waals surface area contributed by atoms with Crippen LogP contribution in [0.3, 0.4) is 0 Å². The summed E-state index contributed by atoms with van der Waals surface area (Å²) in [4.78, 5) is 12.2. The van der Waals surface area contributed by atoms with Crippen LogP contribution in [-0.4, -0.2) is 19.7 Å². The molecule has 0 spiro atoms. The maximum Gasteiger partial charge on any atom is 0 e. The molecule has 2 unspecified atom stereocenters. The largest absolute Gasteiger partial charge is 0 e. The Morgan fingerprint density at radius 1 is 0.889 bits per heavy atom. The van der Waals surface area contributed by atoms with E-state index in [0.29, 0.717) is 31.5 Å². The van der Waals surface area contributed by atoms with Gasteiger partial charge in [0.1, 0.15) is 11.4 Å². The zero-order valence-corrected chi connectivity index (χ0v) is 23.6. The van der Waals surface area contributed by atoms with Gasteiger partial charge in [0.05, 0.1) is 0 Å². The van der Waals surface area contributed by atoms with Gasteiger partial charge in [0.25, 0.3) is 0 Å². The van der Waals surface area contributed by atoms with Crippen molar-refractivity contribution >= 4 is 14.1 Å². The van der Waals surface area contributed by atoms with Crippen molar-refractivity contribution in [2.75, 3.05) is 0 Å². The Morgan fingerprint density at radius 2 is 1.31 bits per heavy atom. The molecule has 0 N–H and O–H groups in total. The summed E-state index contributed by atoms with van der Waals surface area (Å²) >= 11 is 0. The molecule has 2 rings (SSSR count). The van der Waals surface area contributed by atoms with Crippen molar-refractivity contribution in [1.82, 2.24) is 0 Å². The second-order valence-corrected chi connectivity index (χ2v) is 12.6. The third-order valence-electron chi connectivity index (χ3n) is 5.06. The molecule has 2 radical (unpaired) electrons. The zero-order chi connectivity index (χ0) is 28.4. The number of allylic oxidation sites excluding steroid dienone is 2. The Bertz CT molecular complexity index is 823. The van der Waals surface area contributed by atoms with E-state index < -0.39 is 13.9 Å². The van der Waals surface area contributed by atoms with Gasteiger partial charge in [0, 0.05) is 52.3 Å². The summed E-state index contributed by atoms with van der Waals surface area (Å²) in [6.45, 7) is 38.2. The van der Waals surface area contributed by atoms with E-state index in [2.05, 4.69) is 97.4 Å². The van der Waals surface area contributed by atoms with E-state index in [0.717, 1.165) is 0 Å². The van der Waals surface area contributed by atoms with Crippen molar-refractivity contribution in [2.45, 2.75) is 70.2 Å². The summed E-state index contributed by atoms with van der Waals surface area (Å²) in [5, 5.41) is 0.130. The van der Waals surface area contributed by atoms with Gasteiger partial charge in [0.15, 0.2) is 8.32 Å². The molecule has 0 aromatic heterocycles. The number of fused-ring (bicyclic) bond motifs is 2. The van der Waals surface area contributed by atoms with Crippen LogP contribution < -0.4 is 0 Å². The first kappa shape index (κ1) is 50.9. The second-order valence-electron chi connectivity index (χ2n) is 7.85. The topological polar surface area (TPSA) is 146 Å². The predicted molar refractivity (Wildman–Crippen MR) is 116 cm³/mol. The quantitative estimate of drug-likeness (QED) is 0.205. The fraction of sp³-hybridized carbons (Fsp3) is 0.480. The van der Waals surface area contributed by atoms with E-state index in [1.165, 1.54) is 0 Å². The molecule has 0 aromatic rings. The standard InChI is InChI=1S/C19H26O2Si.6CO.2Co/c1-18(2,3)22(4,5)21-19-13-10-8-6-7-9-11-16(15-19)17(20)12-14-19;6*1-2;;/h6,8,16H,11-12,14-15H2,1-5H3;;;;;;;;/b8-6-;;;;;;;;. The number of hydrogen-bond acceptors (Lipinski definition) is 2. The van der Waals surface area contributed by atoms with Crippen molar-refractivity contribution in [1.29, 1.82) is 0 Å². The van der Waals surface area contributed by atoms with E-state index in [9.17, 15) is 4.79 Å². The Kier molecular flexibility index (Phi) is 44.1. The van der Waals surface area contributed by atoms with Gasteiger partial charge in [-0.15, -0.1) is 0 Å². The van der Waals surface area contributed by atoms with E-state index in [-0.39, 0.29) is 44.5 Å². The zero-order valence-electron chi connectivity index (χ0n) is 20.5. The molecule has 11 heteroatoms. The van der Waals surface area contributed by atoms with Gasteiger partial charge in [-0.3, -0.25) is 4.79 Å². The van der Waals surface area contributed by atoms with Crippen LogP contribution in [0, 0.1) is 69.5 Å². The van der Waals surface area contributed by atoms with E-state index >= 15 is 0 Å². The molecule has 0 aliphatic heterocycles. The first-order chi connectivity index (χ1) is 16.2. The van der Waals surface area contributed by atoms with Crippen molar-refractivity contribution in [3.63, 3.8) is 0 Å². The Labute approximate surface area is 236 Å². The molecule has 196 valence electrons. The van der Waals surface area contributed by atoms with Gasteiger partial charge >= 0.3 is 67.8 Å². The monoisotopic (exact) mass is 600 g/mol. The first-order valence-corrected chi connectivity index (χ1v) is 12.2. The molecule has 1 saturated carbocycles. The van der Waals surface area contributed by atoms with Crippen LogP contribution in [0.25, 0.3) is 0 Å². The molecule has 2 aliphatic rings. The SMILES string of the molecule is CC(C)(C)[Si](C)(C)OC12C#C/C=C\C#CCC(C1)C(=O)CC2.[C-]#[O+].[C-]#[O+].[C-]#[O+].[C-]#[O+].[C-]#[O+].[C-]#[O+].[Co].[Co].